The van der Waals surface area contributed by atoms with Gasteiger partial charge in [-0.05, 0) is 42.5 Å². The van der Waals surface area contributed by atoms with Crippen LogP contribution in [0.25, 0.3) is 0 Å². The van der Waals surface area contributed by atoms with Crippen LogP contribution in [-0.4, -0.2) is 22.0 Å². The monoisotopic (exact) mass is 282 g/mol. The Morgan fingerprint density at radius 1 is 1.26 bits per heavy atom. The van der Waals surface area contributed by atoms with E-state index in [9.17, 15) is 8.42 Å². The summed E-state index contributed by atoms with van der Waals surface area (Å²) in [6, 6.07) is 7.00. The highest BCUT2D eigenvalue weighted by Gasteiger charge is 2.45. The molecule has 0 radical (unpaired) electrons. The first-order valence-corrected chi connectivity index (χ1v) is 8.07. The van der Waals surface area contributed by atoms with E-state index in [0.717, 1.165) is 18.5 Å². The van der Waals surface area contributed by atoms with Crippen molar-refractivity contribution in [2.45, 2.75) is 31.7 Å². The first-order chi connectivity index (χ1) is 8.85. The summed E-state index contributed by atoms with van der Waals surface area (Å²) in [5.41, 5.74) is 1.36. The smallest absolute Gasteiger partial charge is 0.240 e. The molecule has 4 nitrogen and oxygen atoms in total. The van der Waals surface area contributed by atoms with Crippen molar-refractivity contribution in [3.05, 3.63) is 29.8 Å². The molecule has 1 aliphatic carbocycles. The number of sulfonamides is 1. The molecule has 1 aromatic rings. The number of hydrogen-bond donors (Lipinski definition) is 2. The van der Waals surface area contributed by atoms with E-state index < -0.39 is 10.0 Å². The van der Waals surface area contributed by atoms with Crippen LogP contribution in [0.2, 0.25) is 0 Å². The Morgan fingerprint density at radius 3 is 2.32 bits per heavy atom. The summed E-state index contributed by atoms with van der Waals surface area (Å²) in [6.45, 7) is 5.61. The van der Waals surface area contributed by atoms with E-state index in [0.29, 0.717) is 22.8 Å². The van der Waals surface area contributed by atoms with Gasteiger partial charge in [0.2, 0.25) is 10.0 Å². The molecular weight excluding hydrogens is 260 g/mol. The van der Waals surface area contributed by atoms with Crippen LogP contribution < -0.4 is 10.0 Å². The molecule has 0 saturated heterocycles. The van der Waals surface area contributed by atoms with Crippen LogP contribution in [0, 0.1) is 11.3 Å². The van der Waals surface area contributed by atoms with Crippen LogP contribution in [0.5, 0.6) is 0 Å². The van der Waals surface area contributed by atoms with Crippen molar-refractivity contribution < 1.29 is 8.42 Å². The molecule has 0 spiro atoms. The van der Waals surface area contributed by atoms with Crippen LogP contribution in [0.1, 0.15) is 25.8 Å². The van der Waals surface area contributed by atoms with Gasteiger partial charge in [0.05, 0.1) is 4.90 Å². The fourth-order valence-corrected chi connectivity index (χ4v) is 3.29. The molecule has 1 aliphatic rings. The molecule has 1 atom stereocenters. The molecular formula is C14H22N2O2S. The van der Waals surface area contributed by atoms with Crippen molar-refractivity contribution in [1.29, 1.82) is 0 Å². The third kappa shape index (κ3) is 3.55. The van der Waals surface area contributed by atoms with Crippen LogP contribution in [0.4, 0.5) is 0 Å². The van der Waals surface area contributed by atoms with Gasteiger partial charge in [0, 0.05) is 13.1 Å². The SMILES string of the molecule is CNCc1ccc(S(=O)(=O)NCC2CC2(C)C)cc1. The zero-order chi connectivity index (χ0) is 14.1. The molecule has 106 valence electrons. The quantitative estimate of drug-likeness (QED) is 0.835. The lowest BCUT2D eigenvalue weighted by Gasteiger charge is -2.08. The predicted octanol–water partition coefficient (Wildman–Crippen LogP) is 1.73. The van der Waals surface area contributed by atoms with Crippen molar-refractivity contribution in [2.24, 2.45) is 11.3 Å². The van der Waals surface area contributed by atoms with Gasteiger partial charge < -0.3 is 5.32 Å². The van der Waals surface area contributed by atoms with E-state index in [1.54, 1.807) is 12.1 Å². The molecule has 0 heterocycles. The number of nitrogens with one attached hydrogen (secondary N) is 2. The molecule has 2 N–H and O–H groups in total. The summed E-state index contributed by atoms with van der Waals surface area (Å²) in [5, 5.41) is 3.03. The standard InChI is InChI=1S/C14H22N2O2S/c1-14(2)8-12(14)10-16-19(17,18)13-6-4-11(5-7-13)9-15-3/h4-7,12,15-16H,8-10H2,1-3H3. The third-order valence-corrected chi connectivity index (χ3v) is 5.29. The maximum absolute atomic E-state index is 12.1. The fraction of sp³-hybridized carbons (Fsp3) is 0.571. The number of rotatable bonds is 6. The molecule has 19 heavy (non-hydrogen) atoms. The summed E-state index contributed by atoms with van der Waals surface area (Å²) in [4.78, 5) is 0.339. The second-order valence-electron chi connectivity index (χ2n) is 5.92. The van der Waals surface area contributed by atoms with Crippen LogP contribution in [0.15, 0.2) is 29.2 Å². The van der Waals surface area contributed by atoms with Gasteiger partial charge in [-0.2, -0.15) is 0 Å². The Labute approximate surface area is 115 Å². The first kappa shape index (κ1) is 14.5. The molecule has 1 aromatic carbocycles. The Balaban J connectivity index is 1.99. The highest BCUT2D eigenvalue weighted by molar-refractivity contribution is 7.89. The van der Waals surface area contributed by atoms with Crippen LogP contribution >= 0.6 is 0 Å². The minimum atomic E-state index is -3.37. The summed E-state index contributed by atoms with van der Waals surface area (Å²) in [5.74, 6) is 0.464. The van der Waals surface area contributed by atoms with E-state index in [1.165, 1.54) is 0 Å². The fourth-order valence-electron chi connectivity index (χ4n) is 2.21. The molecule has 1 fully saturated rings. The van der Waals surface area contributed by atoms with Crippen LogP contribution in [0.3, 0.4) is 0 Å². The van der Waals surface area contributed by atoms with Gasteiger partial charge in [-0.1, -0.05) is 26.0 Å². The highest BCUT2D eigenvalue weighted by atomic mass is 32.2. The zero-order valence-electron chi connectivity index (χ0n) is 11.7. The summed E-state index contributed by atoms with van der Waals surface area (Å²) >= 11 is 0. The molecule has 2 rings (SSSR count). The first-order valence-electron chi connectivity index (χ1n) is 6.58. The van der Waals surface area contributed by atoms with Crippen LogP contribution in [-0.2, 0) is 16.6 Å². The van der Waals surface area contributed by atoms with Gasteiger partial charge in [-0.15, -0.1) is 0 Å². The average molecular weight is 282 g/mol. The Bertz CT molecular complexity index is 535. The summed E-state index contributed by atoms with van der Waals surface area (Å²) in [6.07, 6.45) is 1.09. The normalized spacial score (nSPS) is 21.3. The van der Waals surface area contributed by atoms with Gasteiger partial charge >= 0.3 is 0 Å². The lowest BCUT2D eigenvalue weighted by atomic mass is 10.1. The molecule has 0 aromatic heterocycles. The minimum Gasteiger partial charge on any atom is -0.316 e. The lowest BCUT2D eigenvalue weighted by molar-refractivity contribution is 0.537. The molecule has 0 aliphatic heterocycles. The van der Waals surface area contributed by atoms with E-state index >= 15 is 0 Å². The number of hydrogen-bond acceptors (Lipinski definition) is 3. The third-order valence-electron chi connectivity index (χ3n) is 3.85. The second kappa shape index (κ2) is 5.23. The van der Waals surface area contributed by atoms with Crippen molar-refractivity contribution in [3.8, 4) is 0 Å². The molecule has 0 bridgehead atoms. The van der Waals surface area contributed by atoms with Gasteiger partial charge in [-0.3, -0.25) is 0 Å². The van der Waals surface area contributed by atoms with E-state index in [2.05, 4.69) is 23.9 Å². The van der Waals surface area contributed by atoms with Crippen molar-refractivity contribution in [2.75, 3.05) is 13.6 Å². The van der Waals surface area contributed by atoms with Crippen molar-refractivity contribution >= 4 is 10.0 Å². The zero-order valence-corrected chi connectivity index (χ0v) is 12.5. The Kier molecular flexibility index (Phi) is 3.99. The van der Waals surface area contributed by atoms with E-state index in [4.69, 9.17) is 0 Å². The molecule has 1 saturated carbocycles. The number of benzene rings is 1. The Hall–Kier alpha value is -0.910. The second-order valence-corrected chi connectivity index (χ2v) is 7.68. The summed E-state index contributed by atoms with van der Waals surface area (Å²) < 4.78 is 26.9. The van der Waals surface area contributed by atoms with Gasteiger partial charge in [0.25, 0.3) is 0 Å². The predicted molar refractivity (Wildman–Crippen MR) is 76.3 cm³/mol. The summed E-state index contributed by atoms with van der Waals surface area (Å²) in [7, 11) is -1.50. The van der Waals surface area contributed by atoms with Gasteiger partial charge in [0.15, 0.2) is 0 Å². The maximum atomic E-state index is 12.1. The molecule has 0 amide bonds. The van der Waals surface area contributed by atoms with Gasteiger partial charge in [-0.25, -0.2) is 13.1 Å². The van der Waals surface area contributed by atoms with Gasteiger partial charge in [0.1, 0.15) is 0 Å². The Morgan fingerprint density at radius 2 is 1.84 bits per heavy atom. The highest BCUT2D eigenvalue weighted by Crippen LogP contribution is 2.51. The minimum absolute atomic E-state index is 0.291. The lowest BCUT2D eigenvalue weighted by Crippen LogP contribution is -2.26. The average Bonchev–Trinajstić information content (AvgIpc) is 2.96. The molecule has 1 unspecified atom stereocenters. The van der Waals surface area contributed by atoms with Crippen molar-refractivity contribution in [1.82, 2.24) is 10.0 Å². The van der Waals surface area contributed by atoms with E-state index in [-0.39, 0.29) is 0 Å². The molecule has 5 heteroatoms. The largest absolute Gasteiger partial charge is 0.316 e. The topological polar surface area (TPSA) is 58.2 Å². The van der Waals surface area contributed by atoms with E-state index in [1.807, 2.05) is 19.2 Å². The maximum Gasteiger partial charge on any atom is 0.240 e. The van der Waals surface area contributed by atoms with Crippen molar-refractivity contribution in [3.63, 3.8) is 0 Å².